The lowest BCUT2D eigenvalue weighted by molar-refractivity contribution is 0.0696. The van der Waals surface area contributed by atoms with Crippen LogP contribution in [0.3, 0.4) is 0 Å². The molecule has 4 aromatic rings. The van der Waals surface area contributed by atoms with E-state index in [-0.39, 0.29) is 34.3 Å². The Kier molecular flexibility index (Phi) is 6.99. The summed E-state index contributed by atoms with van der Waals surface area (Å²) in [7, 11) is 0. The van der Waals surface area contributed by atoms with E-state index in [9.17, 15) is 14.7 Å². The maximum Gasteiger partial charge on any atom is 0.336 e. The molecule has 184 valence electrons. The van der Waals surface area contributed by atoms with E-state index in [2.05, 4.69) is 35.8 Å². The Hall–Kier alpha value is -5.07. The number of aromatic nitrogens is 5. The summed E-state index contributed by atoms with van der Waals surface area (Å²) in [6, 6.07) is 13.3. The van der Waals surface area contributed by atoms with Crippen molar-refractivity contribution in [2.45, 2.75) is 20.3 Å². The van der Waals surface area contributed by atoms with Gasteiger partial charge < -0.3 is 15.6 Å². The third-order valence-electron chi connectivity index (χ3n) is 5.05. The number of carbonyl (C=O) groups excluding carboxylic acids is 1. The summed E-state index contributed by atoms with van der Waals surface area (Å²) < 4.78 is 11.5. The molecule has 0 radical (unpaired) electrons. The third kappa shape index (κ3) is 4.89. The SMILES string of the molecule is CCCOc1ccc(-c2c(C(=O)NN=C(C)c3ccccc3C(=O)O)nnn2-c2nonc2N)cc1. The minimum absolute atomic E-state index is 0.0462. The van der Waals surface area contributed by atoms with Gasteiger partial charge in [-0.3, -0.25) is 4.79 Å². The Morgan fingerprint density at radius 1 is 1.14 bits per heavy atom. The number of rotatable bonds is 9. The van der Waals surface area contributed by atoms with Crippen LogP contribution < -0.4 is 15.9 Å². The number of nitrogen functional groups attached to an aromatic ring is 1. The van der Waals surface area contributed by atoms with E-state index < -0.39 is 11.9 Å². The number of carboxylic acid groups (broad SMARTS) is 1. The molecular formula is C23H22N8O5. The topological polar surface area (TPSA) is 184 Å². The number of hydrazone groups is 1. The quantitative estimate of drug-likeness (QED) is 0.233. The number of nitrogens with two attached hydrogens (primary N) is 1. The lowest BCUT2D eigenvalue weighted by Crippen LogP contribution is -2.21. The molecule has 0 saturated heterocycles. The summed E-state index contributed by atoms with van der Waals surface area (Å²) >= 11 is 0. The van der Waals surface area contributed by atoms with Gasteiger partial charge >= 0.3 is 5.97 Å². The molecule has 4 rings (SSSR count). The van der Waals surface area contributed by atoms with Crippen LogP contribution in [-0.2, 0) is 0 Å². The van der Waals surface area contributed by atoms with E-state index in [0.717, 1.165) is 6.42 Å². The van der Waals surface area contributed by atoms with Crippen molar-refractivity contribution in [3.63, 3.8) is 0 Å². The van der Waals surface area contributed by atoms with E-state index in [4.69, 9.17) is 10.5 Å². The average Bonchev–Trinajstić information content (AvgIpc) is 3.52. The molecule has 0 aliphatic carbocycles. The molecule has 2 aromatic heterocycles. The first-order valence-electron chi connectivity index (χ1n) is 10.8. The van der Waals surface area contributed by atoms with Crippen LogP contribution in [-0.4, -0.2) is 54.6 Å². The van der Waals surface area contributed by atoms with E-state index >= 15 is 0 Å². The van der Waals surface area contributed by atoms with Crippen molar-refractivity contribution in [2.24, 2.45) is 5.10 Å². The van der Waals surface area contributed by atoms with E-state index in [1.807, 2.05) is 6.92 Å². The summed E-state index contributed by atoms with van der Waals surface area (Å²) in [4.78, 5) is 24.6. The minimum atomic E-state index is -1.11. The van der Waals surface area contributed by atoms with Crippen LogP contribution in [0.15, 0.2) is 58.3 Å². The summed E-state index contributed by atoms with van der Waals surface area (Å²) in [6.45, 7) is 4.15. The number of carbonyl (C=O) groups is 2. The highest BCUT2D eigenvalue weighted by Crippen LogP contribution is 2.28. The number of benzene rings is 2. The molecule has 1 amide bonds. The zero-order chi connectivity index (χ0) is 25.7. The van der Waals surface area contributed by atoms with Crippen molar-refractivity contribution in [1.29, 1.82) is 0 Å². The number of nitrogens with zero attached hydrogens (tertiary/aromatic N) is 6. The fourth-order valence-corrected chi connectivity index (χ4v) is 3.34. The maximum atomic E-state index is 13.1. The van der Waals surface area contributed by atoms with Crippen LogP contribution in [0.1, 0.15) is 46.7 Å². The molecule has 0 aliphatic heterocycles. The molecule has 0 atom stereocenters. The molecule has 2 aromatic carbocycles. The second-order valence-electron chi connectivity index (χ2n) is 7.53. The number of ether oxygens (including phenoxy) is 1. The van der Waals surface area contributed by atoms with Crippen LogP contribution in [0, 0.1) is 0 Å². The van der Waals surface area contributed by atoms with Crippen molar-refractivity contribution in [1.82, 2.24) is 30.7 Å². The molecule has 0 bridgehead atoms. The second kappa shape index (κ2) is 10.5. The second-order valence-corrected chi connectivity index (χ2v) is 7.53. The lowest BCUT2D eigenvalue weighted by Gasteiger charge is -2.09. The summed E-state index contributed by atoms with van der Waals surface area (Å²) in [6.07, 6.45) is 0.859. The van der Waals surface area contributed by atoms with Crippen LogP contribution in [0.4, 0.5) is 5.82 Å². The summed E-state index contributed by atoms with van der Waals surface area (Å²) in [5.41, 5.74) is 9.70. The van der Waals surface area contributed by atoms with Gasteiger partial charge in [0.15, 0.2) is 5.69 Å². The normalized spacial score (nSPS) is 11.3. The van der Waals surface area contributed by atoms with Gasteiger partial charge in [-0.25, -0.2) is 14.8 Å². The fourth-order valence-electron chi connectivity index (χ4n) is 3.34. The van der Waals surface area contributed by atoms with Crippen LogP contribution in [0.5, 0.6) is 5.75 Å². The number of carboxylic acids is 1. The Morgan fingerprint density at radius 2 is 1.86 bits per heavy atom. The number of hydrogen-bond donors (Lipinski definition) is 3. The average molecular weight is 490 g/mol. The molecule has 0 spiro atoms. The van der Waals surface area contributed by atoms with Gasteiger partial charge in [-0.1, -0.05) is 30.3 Å². The molecule has 0 aliphatic rings. The fraction of sp³-hybridized carbons (Fsp3) is 0.174. The number of anilines is 1. The van der Waals surface area contributed by atoms with Gasteiger partial charge in [0.05, 0.1) is 17.9 Å². The largest absolute Gasteiger partial charge is 0.494 e. The van der Waals surface area contributed by atoms with E-state index in [1.54, 1.807) is 49.4 Å². The highest BCUT2D eigenvalue weighted by atomic mass is 16.6. The van der Waals surface area contributed by atoms with Gasteiger partial charge in [-0.15, -0.1) is 5.10 Å². The predicted molar refractivity (Wildman–Crippen MR) is 128 cm³/mol. The van der Waals surface area contributed by atoms with Crippen LogP contribution in [0.25, 0.3) is 17.1 Å². The molecule has 0 fully saturated rings. The van der Waals surface area contributed by atoms with E-state index in [1.165, 1.54) is 10.7 Å². The Balaban J connectivity index is 1.69. The standard InChI is InChI=1S/C23H22N8O5/c1-3-12-35-15-10-8-14(9-11-15)19-18(26-30-31(19)21-20(24)28-36-29-21)22(32)27-25-13(2)16-6-4-5-7-17(16)23(33)34/h4-11H,3,12H2,1-2H3,(H2,24,28)(H,27,32)(H,33,34). The van der Waals surface area contributed by atoms with Crippen molar-refractivity contribution < 1.29 is 24.1 Å². The number of nitrogens with one attached hydrogen (secondary N) is 1. The molecule has 36 heavy (non-hydrogen) atoms. The number of amides is 1. The first-order valence-corrected chi connectivity index (χ1v) is 10.8. The monoisotopic (exact) mass is 490 g/mol. The smallest absolute Gasteiger partial charge is 0.336 e. The zero-order valence-corrected chi connectivity index (χ0v) is 19.4. The Bertz CT molecular complexity index is 1420. The highest BCUT2D eigenvalue weighted by molar-refractivity contribution is 6.08. The van der Waals surface area contributed by atoms with Crippen molar-refractivity contribution >= 4 is 23.4 Å². The summed E-state index contributed by atoms with van der Waals surface area (Å²) in [5, 5.41) is 28.8. The van der Waals surface area contributed by atoms with Gasteiger partial charge in [0, 0.05) is 11.1 Å². The van der Waals surface area contributed by atoms with Crippen molar-refractivity contribution in [3.05, 3.63) is 65.4 Å². The van der Waals surface area contributed by atoms with Gasteiger partial charge in [0.25, 0.3) is 5.91 Å². The number of aromatic carboxylic acids is 1. The molecule has 0 unspecified atom stereocenters. The molecule has 13 heteroatoms. The lowest BCUT2D eigenvalue weighted by atomic mass is 10.0. The van der Waals surface area contributed by atoms with Gasteiger partial charge in [0.2, 0.25) is 11.6 Å². The maximum absolute atomic E-state index is 13.1. The minimum Gasteiger partial charge on any atom is -0.494 e. The van der Waals surface area contributed by atoms with Crippen molar-refractivity contribution in [2.75, 3.05) is 12.3 Å². The summed E-state index contributed by atoms with van der Waals surface area (Å²) in [5.74, 6) is -1.13. The van der Waals surface area contributed by atoms with Crippen LogP contribution >= 0.6 is 0 Å². The van der Waals surface area contributed by atoms with E-state index in [0.29, 0.717) is 23.5 Å². The molecular weight excluding hydrogens is 468 g/mol. The number of hydrogen-bond acceptors (Lipinski definition) is 10. The first-order chi connectivity index (χ1) is 17.4. The first kappa shape index (κ1) is 24.1. The predicted octanol–water partition coefficient (Wildman–Crippen LogP) is 2.54. The molecule has 13 nitrogen and oxygen atoms in total. The van der Waals surface area contributed by atoms with Gasteiger partial charge in [0.1, 0.15) is 11.4 Å². The molecule has 4 N–H and O–H groups in total. The van der Waals surface area contributed by atoms with Crippen molar-refractivity contribution in [3.8, 4) is 22.8 Å². The Labute approximate surface area is 204 Å². The van der Waals surface area contributed by atoms with Gasteiger partial charge in [-0.2, -0.15) is 9.78 Å². The van der Waals surface area contributed by atoms with Gasteiger partial charge in [-0.05, 0) is 54.0 Å². The van der Waals surface area contributed by atoms with Crippen LogP contribution in [0.2, 0.25) is 0 Å². The molecule has 2 heterocycles. The molecule has 0 saturated carbocycles. The third-order valence-corrected chi connectivity index (χ3v) is 5.05. The highest BCUT2D eigenvalue weighted by Gasteiger charge is 2.25. The Morgan fingerprint density at radius 3 is 2.50 bits per heavy atom. The zero-order valence-electron chi connectivity index (χ0n) is 19.4.